The van der Waals surface area contributed by atoms with Crippen LogP contribution in [0.5, 0.6) is 5.75 Å². The Labute approximate surface area is 222 Å². The number of aromatic nitrogens is 2. The Kier molecular flexibility index (Phi) is 6.89. The van der Waals surface area contributed by atoms with E-state index in [1.165, 1.54) is 11.3 Å². The second kappa shape index (κ2) is 9.95. The Bertz CT molecular complexity index is 1310. The van der Waals surface area contributed by atoms with Gasteiger partial charge in [-0.25, -0.2) is 9.78 Å². The van der Waals surface area contributed by atoms with Gasteiger partial charge in [0.15, 0.2) is 5.13 Å². The van der Waals surface area contributed by atoms with E-state index in [1.54, 1.807) is 21.0 Å². The number of thiazole rings is 1. The van der Waals surface area contributed by atoms with Gasteiger partial charge >= 0.3 is 5.97 Å². The number of aryl methyl sites for hydroxylation is 1. The maximum absolute atomic E-state index is 12.7. The van der Waals surface area contributed by atoms with Crippen LogP contribution < -0.4 is 15.0 Å². The minimum atomic E-state index is -0.356. The zero-order valence-electron chi connectivity index (χ0n) is 20.1. The number of carbonyl (C=O) groups is 2. The third-order valence-electron chi connectivity index (χ3n) is 6.70. The predicted molar refractivity (Wildman–Crippen MR) is 140 cm³/mol. The van der Waals surface area contributed by atoms with Crippen LogP contribution in [0.15, 0.2) is 24.3 Å². The summed E-state index contributed by atoms with van der Waals surface area (Å²) in [4.78, 5) is 35.9. The Morgan fingerprint density at radius 1 is 1.25 bits per heavy atom. The van der Waals surface area contributed by atoms with E-state index >= 15 is 0 Å². The van der Waals surface area contributed by atoms with Gasteiger partial charge in [-0.05, 0) is 31.5 Å². The first-order valence-electron chi connectivity index (χ1n) is 11.7. The van der Waals surface area contributed by atoms with E-state index in [9.17, 15) is 9.59 Å². The summed E-state index contributed by atoms with van der Waals surface area (Å²) in [6, 6.07) is 7.81. The summed E-state index contributed by atoms with van der Waals surface area (Å²) in [5.74, 6) is 0.782. The van der Waals surface area contributed by atoms with Gasteiger partial charge < -0.3 is 24.7 Å². The molecule has 2 aromatic heterocycles. The summed E-state index contributed by atoms with van der Waals surface area (Å²) in [5.41, 5.74) is 2.66. The third kappa shape index (κ3) is 4.67. The molecule has 8 nitrogen and oxygen atoms in total. The number of nitrogens with zero attached hydrogens (tertiary/aromatic N) is 2. The van der Waals surface area contributed by atoms with E-state index in [1.807, 2.05) is 24.3 Å². The molecule has 0 bridgehead atoms. The van der Waals surface area contributed by atoms with Gasteiger partial charge in [-0.1, -0.05) is 46.7 Å². The van der Waals surface area contributed by atoms with Crippen LogP contribution in [0.1, 0.15) is 44.0 Å². The van der Waals surface area contributed by atoms with Gasteiger partial charge in [-0.15, -0.1) is 0 Å². The molecular weight excluding hydrogens is 523 g/mol. The van der Waals surface area contributed by atoms with Crippen LogP contribution in [0.2, 0.25) is 10.0 Å². The van der Waals surface area contributed by atoms with E-state index in [2.05, 4.69) is 15.2 Å². The second-order valence-corrected chi connectivity index (χ2v) is 10.7. The molecule has 1 aliphatic heterocycles. The normalized spacial score (nSPS) is 20.2. The van der Waals surface area contributed by atoms with E-state index in [4.69, 9.17) is 37.7 Å². The van der Waals surface area contributed by atoms with Crippen LogP contribution in [0.25, 0.3) is 0 Å². The molecule has 3 atom stereocenters. The average molecular weight is 549 g/mol. The molecule has 2 fully saturated rings. The smallest absolute Gasteiger partial charge is 0.350 e. The molecule has 1 amide bonds. The first-order chi connectivity index (χ1) is 17.3. The van der Waals surface area contributed by atoms with Gasteiger partial charge in [-0.3, -0.25) is 4.79 Å². The first kappa shape index (κ1) is 24.9. The molecule has 2 N–H and O–H groups in total. The van der Waals surface area contributed by atoms with Crippen LogP contribution in [0, 0.1) is 18.8 Å². The lowest BCUT2D eigenvalue weighted by molar-refractivity contribution is 0.0530. The van der Waals surface area contributed by atoms with Crippen molar-refractivity contribution in [1.82, 2.24) is 15.3 Å². The van der Waals surface area contributed by atoms with Crippen LogP contribution >= 0.6 is 34.5 Å². The van der Waals surface area contributed by atoms with Crippen molar-refractivity contribution in [2.45, 2.75) is 26.3 Å². The fraction of sp³-hybridized carbons (Fsp3) is 0.400. The number of hydrogen-bond acceptors (Lipinski definition) is 7. The Morgan fingerprint density at radius 3 is 2.64 bits per heavy atom. The van der Waals surface area contributed by atoms with Gasteiger partial charge in [0, 0.05) is 43.1 Å². The molecule has 1 aromatic carbocycles. The number of benzene rings is 1. The lowest BCUT2D eigenvalue weighted by atomic mass is 10.1. The summed E-state index contributed by atoms with van der Waals surface area (Å²) in [7, 11) is 1.63. The highest BCUT2D eigenvalue weighted by Gasteiger charge is 2.57. The fourth-order valence-electron chi connectivity index (χ4n) is 4.77. The molecule has 0 radical (unpaired) electrons. The summed E-state index contributed by atoms with van der Waals surface area (Å²) in [5, 5.41) is 4.49. The number of hydrogen-bond donors (Lipinski definition) is 2. The molecule has 36 heavy (non-hydrogen) atoms. The number of esters is 1. The van der Waals surface area contributed by atoms with E-state index in [0.29, 0.717) is 51.8 Å². The zero-order valence-corrected chi connectivity index (χ0v) is 22.4. The highest BCUT2D eigenvalue weighted by Crippen LogP contribution is 2.48. The molecule has 3 aromatic rings. The van der Waals surface area contributed by atoms with E-state index in [-0.39, 0.29) is 22.9 Å². The number of H-pyrrole nitrogens is 1. The molecule has 1 unspecified atom stereocenters. The van der Waals surface area contributed by atoms with Crippen LogP contribution in [-0.4, -0.2) is 54.7 Å². The Hall–Kier alpha value is -2.75. The first-order valence-corrected chi connectivity index (χ1v) is 13.3. The lowest BCUT2D eigenvalue weighted by Gasteiger charge is -2.19. The fourth-order valence-corrected chi connectivity index (χ4v) is 6.19. The minimum Gasteiger partial charge on any atom is -0.497 e. The number of methoxy groups -OCH3 is 1. The Morgan fingerprint density at radius 2 is 2.00 bits per heavy atom. The molecule has 1 saturated heterocycles. The van der Waals surface area contributed by atoms with Crippen molar-refractivity contribution in [3.63, 3.8) is 0 Å². The zero-order chi connectivity index (χ0) is 25.6. The standard InChI is InChI=1S/C25H26Cl2N4O4S/c1-4-35-24(33)22-17(9-13-6-5-7-14(8-13)34-3)29-25(36-22)31-10-15-16(11-31)20(15)30-23(32)21-19(27)18(26)12(2)28-21/h5-8,15-16,20,28H,4,9-11H2,1-3H3,(H,30,32)/t15-,16+,20?. The molecule has 1 aliphatic carbocycles. The molecule has 0 spiro atoms. The number of piperidine rings is 1. The van der Waals surface area contributed by atoms with Gasteiger partial charge in [0.05, 0.1) is 29.5 Å². The quantitative estimate of drug-likeness (QED) is 0.395. The van der Waals surface area contributed by atoms with Gasteiger partial charge in [-0.2, -0.15) is 0 Å². The Balaban J connectivity index is 1.27. The van der Waals surface area contributed by atoms with Crippen molar-refractivity contribution in [3.8, 4) is 5.75 Å². The number of rotatable bonds is 8. The van der Waals surface area contributed by atoms with Crippen molar-refractivity contribution < 1.29 is 19.1 Å². The van der Waals surface area contributed by atoms with Crippen LogP contribution in [0.4, 0.5) is 5.13 Å². The predicted octanol–water partition coefficient (Wildman–Crippen LogP) is 4.73. The van der Waals surface area contributed by atoms with Crippen molar-refractivity contribution >= 4 is 51.5 Å². The maximum Gasteiger partial charge on any atom is 0.350 e. The lowest BCUT2D eigenvalue weighted by Crippen LogP contribution is -2.34. The van der Waals surface area contributed by atoms with Crippen LogP contribution in [0.3, 0.4) is 0 Å². The van der Waals surface area contributed by atoms with Gasteiger partial charge in [0.2, 0.25) is 0 Å². The highest BCUT2D eigenvalue weighted by atomic mass is 35.5. The molecular formula is C25H26Cl2N4O4S. The van der Waals surface area contributed by atoms with E-state index < -0.39 is 0 Å². The number of aromatic amines is 1. The summed E-state index contributed by atoms with van der Waals surface area (Å²) < 4.78 is 10.6. The van der Waals surface area contributed by atoms with Gasteiger partial charge in [0.1, 0.15) is 16.3 Å². The van der Waals surface area contributed by atoms with Crippen LogP contribution in [-0.2, 0) is 11.2 Å². The number of fused-ring (bicyclic) bond motifs is 1. The van der Waals surface area contributed by atoms with E-state index in [0.717, 1.165) is 29.5 Å². The molecule has 1 saturated carbocycles. The molecule has 2 aliphatic rings. The maximum atomic E-state index is 12.7. The summed E-state index contributed by atoms with van der Waals surface area (Å²) >= 11 is 13.7. The van der Waals surface area contributed by atoms with Crippen molar-refractivity contribution in [1.29, 1.82) is 0 Å². The number of ether oxygens (including phenoxy) is 2. The minimum absolute atomic E-state index is 0.0768. The third-order valence-corrected chi connectivity index (χ3v) is 8.78. The highest BCUT2D eigenvalue weighted by molar-refractivity contribution is 7.17. The van der Waals surface area contributed by atoms with Crippen molar-refractivity contribution in [2.75, 3.05) is 31.7 Å². The van der Waals surface area contributed by atoms with Crippen molar-refractivity contribution in [2.24, 2.45) is 11.8 Å². The number of halogens is 2. The second-order valence-electron chi connectivity index (χ2n) is 9.01. The molecule has 5 rings (SSSR count). The summed E-state index contributed by atoms with van der Waals surface area (Å²) in [6.07, 6.45) is 0.500. The summed E-state index contributed by atoms with van der Waals surface area (Å²) in [6.45, 7) is 5.37. The average Bonchev–Trinajstić information content (AvgIpc) is 3.22. The molecule has 3 heterocycles. The number of amides is 1. The SMILES string of the molecule is CCOC(=O)c1sc(N2C[C@@H]3C(NC(=O)c4[nH]c(C)c(Cl)c4Cl)[C@@H]3C2)nc1Cc1cccc(OC)c1. The topological polar surface area (TPSA) is 96.6 Å². The van der Waals surface area contributed by atoms with Crippen molar-refractivity contribution in [3.05, 3.63) is 61.8 Å². The monoisotopic (exact) mass is 548 g/mol. The number of anilines is 1. The largest absolute Gasteiger partial charge is 0.497 e. The van der Waals surface area contributed by atoms with Gasteiger partial charge in [0.25, 0.3) is 5.91 Å². The number of carbonyl (C=O) groups excluding carboxylic acids is 2. The number of nitrogens with one attached hydrogen (secondary N) is 2. The molecule has 190 valence electrons. The molecule has 11 heteroatoms.